The van der Waals surface area contributed by atoms with Crippen molar-refractivity contribution in [3.8, 4) is 17.3 Å². The molecule has 11 rings (SSSR count). The molecule has 63 heavy (non-hydrogen) atoms. The number of para-hydroxylation sites is 3. The summed E-state index contributed by atoms with van der Waals surface area (Å²) in [5, 5.41) is 2.35. The Balaban J connectivity index is 0.976. The molecule has 0 aliphatic carbocycles. The molecule has 0 atom stereocenters. The monoisotopic (exact) mass is 817 g/mol. The quantitative estimate of drug-likeness (QED) is 0.150. The normalized spacial score (nSPS) is 14.8. The number of fused-ring (bicyclic) bond motifs is 5. The van der Waals surface area contributed by atoms with E-state index in [1.165, 1.54) is 55.6 Å². The number of benzene rings is 6. The van der Waals surface area contributed by atoms with Gasteiger partial charge in [-0.3, -0.25) is 4.57 Å². The SMILES string of the molecule is Cc1cc(C)cc(C2=C(N3CN(c4cccc(Oc5ccc6c7ccccc7n(-c7cc(C(C)(C)C)ccn7)c6c5)c4)c4ccccc43)B3C=C(c4ccccc4)C=CN3C=C2)c1. The molecule has 6 nitrogen and oxygen atoms in total. The predicted molar refractivity (Wildman–Crippen MR) is 263 cm³/mol. The summed E-state index contributed by atoms with van der Waals surface area (Å²) >= 11 is 0. The van der Waals surface area contributed by atoms with Gasteiger partial charge in [-0.25, -0.2) is 4.98 Å². The average molecular weight is 818 g/mol. The minimum Gasteiger partial charge on any atom is -0.457 e. The minimum absolute atomic E-state index is 0.00797. The van der Waals surface area contributed by atoms with Gasteiger partial charge in [0.1, 0.15) is 17.3 Å². The van der Waals surface area contributed by atoms with Gasteiger partial charge >= 0.3 is 6.85 Å². The molecule has 3 aliphatic rings. The van der Waals surface area contributed by atoms with Crippen LogP contribution in [0.5, 0.6) is 11.5 Å². The highest BCUT2D eigenvalue weighted by atomic mass is 16.5. The molecule has 0 radical (unpaired) electrons. The Bertz CT molecular complexity index is 3200. The molecule has 306 valence electrons. The molecule has 5 heterocycles. The van der Waals surface area contributed by atoms with Crippen LogP contribution in [0, 0.1) is 13.8 Å². The van der Waals surface area contributed by atoms with Crippen LogP contribution in [0.25, 0.3) is 38.8 Å². The van der Waals surface area contributed by atoms with Gasteiger partial charge in [-0.1, -0.05) is 123 Å². The molecule has 0 spiro atoms. The lowest BCUT2D eigenvalue weighted by Crippen LogP contribution is -2.44. The van der Waals surface area contributed by atoms with Crippen LogP contribution in [-0.4, -0.2) is 27.9 Å². The van der Waals surface area contributed by atoms with Crippen molar-refractivity contribution >= 4 is 56.9 Å². The summed E-state index contributed by atoms with van der Waals surface area (Å²) in [6.07, 6.45) is 10.9. The molecule has 0 N–H and O–H groups in total. The molecule has 0 unspecified atom stereocenters. The first kappa shape index (κ1) is 38.4. The zero-order valence-electron chi connectivity index (χ0n) is 36.3. The summed E-state index contributed by atoms with van der Waals surface area (Å²) in [6, 6.07) is 54.2. The number of aryl methyl sites for hydroxylation is 2. The Kier molecular flexibility index (Phi) is 9.23. The smallest absolute Gasteiger partial charge is 0.338 e. The Hall–Kier alpha value is -7.51. The Labute approximate surface area is 370 Å². The summed E-state index contributed by atoms with van der Waals surface area (Å²) in [7, 11) is 0. The van der Waals surface area contributed by atoms with Crippen LogP contribution >= 0.6 is 0 Å². The number of rotatable bonds is 7. The summed E-state index contributed by atoms with van der Waals surface area (Å²) < 4.78 is 9.06. The van der Waals surface area contributed by atoms with E-state index in [0.29, 0.717) is 6.67 Å². The Morgan fingerprint density at radius 3 is 2.13 bits per heavy atom. The average Bonchev–Trinajstić information content (AvgIpc) is 3.84. The summed E-state index contributed by atoms with van der Waals surface area (Å²) in [6.45, 7) is 11.7. The molecule has 8 aromatic rings. The molecule has 0 fully saturated rings. The molecule has 0 saturated carbocycles. The number of pyridine rings is 1. The second-order valence-corrected chi connectivity index (χ2v) is 18.0. The molecule has 6 aromatic carbocycles. The number of aromatic nitrogens is 2. The second-order valence-electron chi connectivity index (χ2n) is 18.0. The number of allylic oxidation sites excluding steroid dienone is 4. The van der Waals surface area contributed by atoms with E-state index in [1.54, 1.807) is 0 Å². The maximum absolute atomic E-state index is 6.79. The van der Waals surface area contributed by atoms with E-state index in [0.717, 1.165) is 45.1 Å². The van der Waals surface area contributed by atoms with Crippen LogP contribution in [-0.2, 0) is 5.41 Å². The number of anilines is 3. The molecule has 3 aliphatic heterocycles. The van der Waals surface area contributed by atoms with Crippen molar-refractivity contribution in [2.24, 2.45) is 0 Å². The fourth-order valence-corrected chi connectivity index (χ4v) is 9.60. The summed E-state index contributed by atoms with van der Waals surface area (Å²) in [4.78, 5) is 12.2. The number of hydrogen-bond donors (Lipinski definition) is 0. The van der Waals surface area contributed by atoms with Crippen LogP contribution in [0.15, 0.2) is 194 Å². The zero-order chi connectivity index (χ0) is 42.8. The predicted octanol–water partition coefficient (Wildman–Crippen LogP) is 13.7. The lowest BCUT2D eigenvalue weighted by Gasteiger charge is -2.38. The first-order valence-corrected chi connectivity index (χ1v) is 21.8. The van der Waals surface area contributed by atoms with E-state index < -0.39 is 0 Å². The van der Waals surface area contributed by atoms with E-state index in [9.17, 15) is 0 Å². The van der Waals surface area contributed by atoms with Gasteiger partial charge in [0, 0.05) is 40.4 Å². The fourth-order valence-electron chi connectivity index (χ4n) is 9.60. The van der Waals surface area contributed by atoms with Gasteiger partial charge in [-0.15, -0.1) is 0 Å². The Morgan fingerprint density at radius 1 is 0.603 bits per heavy atom. The van der Waals surface area contributed by atoms with E-state index in [4.69, 9.17) is 9.72 Å². The van der Waals surface area contributed by atoms with E-state index in [-0.39, 0.29) is 12.3 Å². The maximum Gasteiger partial charge on any atom is 0.338 e. The highest BCUT2D eigenvalue weighted by molar-refractivity contribution is 6.73. The van der Waals surface area contributed by atoms with Crippen molar-refractivity contribution in [3.05, 3.63) is 222 Å². The minimum atomic E-state index is -0.0228. The van der Waals surface area contributed by atoms with Crippen LogP contribution in [0.2, 0.25) is 0 Å². The molecule has 0 bridgehead atoms. The third-order valence-corrected chi connectivity index (χ3v) is 12.6. The van der Waals surface area contributed by atoms with Gasteiger partial charge in [0.25, 0.3) is 0 Å². The molecule has 0 amide bonds. The second kappa shape index (κ2) is 15.1. The zero-order valence-corrected chi connectivity index (χ0v) is 36.3. The van der Waals surface area contributed by atoms with Crippen molar-refractivity contribution < 1.29 is 4.74 Å². The lowest BCUT2D eigenvalue weighted by molar-refractivity contribution is 0.483. The van der Waals surface area contributed by atoms with Gasteiger partial charge < -0.3 is 19.3 Å². The van der Waals surface area contributed by atoms with Gasteiger partial charge in [0.05, 0.1) is 29.1 Å². The number of nitrogens with zero attached hydrogens (tertiary/aromatic N) is 5. The fraction of sp³-hybridized carbons (Fsp3) is 0.125. The Morgan fingerprint density at radius 2 is 1.32 bits per heavy atom. The first-order valence-electron chi connectivity index (χ1n) is 21.8. The number of hydrogen-bond acceptors (Lipinski definition) is 5. The molecule has 7 heteroatoms. The van der Waals surface area contributed by atoms with Crippen LogP contribution in [0.1, 0.15) is 48.6 Å². The third kappa shape index (κ3) is 6.90. The highest BCUT2D eigenvalue weighted by Gasteiger charge is 2.39. The van der Waals surface area contributed by atoms with Gasteiger partial charge in [-0.2, -0.15) is 0 Å². The number of ether oxygens (including phenoxy) is 1. The van der Waals surface area contributed by atoms with Gasteiger partial charge in [0.2, 0.25) is 0 Å². The van der Waals surface area contributed by atoms with Crippen molar-refractivity contribution in [3.63, 3.8) is 0 Å². The van der Waals surface area contributed by atoms with Crippen LogP contribution < -0.4 is 14.5 Å². The van der Waals surface area contributed by atoms with E-state index in [2.05, 4.69) is 230 Å². The van der Waals surface area contributed by atoms with Crippen LogP contribution in [0.4, 0.5) is 17.1 Å². The van der Waals surface area contributed by atoms with E-state index >= 15 is 0 Å². The highest BCUT2D eigenvalue weighted by Crippen LogP contribution is 2.47. The summed E-state index contributed by atoms with van der Waals surface area (Å²) in [5.41, 5.74) is 15.4. The van der Waals surface area contributed by atoms with Crippen molar-refractivity contribution in [2.75, 3.05) is 16.5 Å². The molecule has 2 aromatic heterocycles. The topological polar surface area (TPSA) is 36.8 Å². The van der Waals surface area contributed by atoms with Crippen molar-refractivity contribution in [1.82, 2.24) is 14.4 Å². The van der Waals surface area contributed by atoms with E-state index in [1.807, 2.05) is 12.3 Å². The molecular weight excluding hydrogens is 769 g/mol. The first-order chi connectivity index (χ1) is 30.7. The third-order valence-electron chi connectivity index (χ3n) is 12.6. The van der Waals surface area contributed by atoms with Crippen molar-refractivity contribution in [2.45, 2.75) is 40.0 Å². The lowest BCUT2D eigenvalue weighted by atomic mass is 9.51. The molecule has 0 saturated heterocycles. The largest absolute Gasteiger partial charge is 0.457 e. The van der Waals surface area contributed by atoms with Gasteiger partial charge in [0.15, 0.2) is 0 Å². The maximum atomic E-state index is 6.79. The van der Waals surface area contributed by atoms with Crippen LogP contribution in [0.3, 0.4) is 0 Å². The molecular formula is C56H48BN5O. The van der Waals surface area contributed by atoms with Gasteiger partial charge in [-0.05, 0) is 126 Å². The standard InChI is InChI=1S/C56H48BN5O/c1-38-30-39(2)32-42(31-38)47-26-29-59-28-25-41(40-14-7-6-8-15-40)36-57(59)55(47)61-37-60(51-20-11-12-21-52(51)61)44-16-13-17-45(34-44)63-46-22-23-49-48-18-9-10-19-50(48)62(53(49)35-46)54-33-43(24-27-58-54)56(3,4)5/h6-36H,37H2,1-5H3. The summed E-state index contributed by atoms with van der Waals surface area (Å²) in [5.74, 6) is 4.86. The van der Waals surface area contributed by atoms with Crippen molar-refractivity contribution in [1.29, 1.82) is 0 Å².